The Hall–Kier alpha value is -1.92. The Morgan fingerprint density at radius 3 is 2.67 bits per heavy atom. The molecule has 0 spiro atoms. The van der Waals surface area contributed by atoms with Crippen LogP contribution in [0.25, 0.3) is 0 Å². The van der Waals surface area contributed by atoms with Gasteiger partial charge in [-0.05, 0) is 42.5 Å². The van der Waals surface area contributed by atoms with Crippen LogP contribution in [0.3, 0.4) is 0 Å². The highest BCUT2D eigenvalue weighted by molar-refractivity contribution is 7.09. The molecule has 4 heterocycles. The molecule has 1 saturated carbocycles. The molecule has 6 rings (SSSR count). The van der Waals surface area contributed by atoms with Gasteiger partial charge >= 0.3 is 6.09 Å². The van der Waals surface area contributed by atoms with Crippen LogP contribution in [0, 0.1) is 17.7 Å². The van der Waals surface area contributed by atoms with Gasteiger partial charge in [0.2, 0.25) is 0 Å². The highest BCUT2D eigenvalue weighted by atomic mass is 32.1. The number of rotatable bonds is 6. The van der Waals surface area contributed by atoms with Crippen molar-refractivity contribution in [1.29, 1.82) is 0 Å². The molecule has 1 aliphatic carbocycles. The van der Waals surface area contributed by atoms with Crippen LogP contribution in [0.1, 0.15) is 37.0 Å². The first kappa shape index (κ1) is 20.0. The maximum Gasteiger partial charge on any atom is 0.415 e. The van der Waals surface area contributed by atoms with Gasteiger partial charge in [0.25, 0.3) is 0 Å². The quantitative estimate of drug-likeness (QED) is 0.572. The Kier molecular flexibility index (Phi) is 5.54. The third kappa shape index (κ3) is 4.12. The molecule has 0 radical (unpaired) electrons. The van der Waals surface area contributed by atoms with Crippen molar-refractivity contribution in [1.82, 2.24) is 0 Å². The Morgan fingerprint density at radius 2 is 2.00 bits per heavy atom. The number of benzene rings is 1. The summed E-state index contributed by atoms with van der Waals surface area (Å²) in [5.74, 6) is 0.981. The van der Waals surface area contributed by atoms with Crippen molar-refractivity contribution in [3.8, 4) is 0 Å². The number of anilines is 1. The van der Waals surface area contributed by atoms with Gasteiger partial charge in [-0.1, -0.05) is 18.6 Å². The van der Waals surface area contributed by atoms with E-state index in [1.165, 1.54) is 51.0 Å². The number of hydrogen-bond acceptors (Lipinski definition) is 3. The van der Waals surface area contributed by atoms with E-state index in [0.29, 0.717) is 18.2 Å². The highest BCUT2D eigenvalue weighted by Gasteiger charge is 2.49. The van der Waals surface area contributed by atoms with Crippen LogP contribution in [-0.4, -0.2) is 42.9 Å². The summed E-state index contributed by atoms with van der Waals surface area (Å²) in [6.07, 6.45) is 6.01. The van der Waals surface area contributed by atoms with Crippen LogP contribution in [0.15, 0.2) is 41.8 Å². The molecule has 1 atom stereocenters. The van der Waals surface area contributed by atoms with Crippen molar-refractivity contribution >= 4 is 23.1 Å². The van der Waals surface area contributed by atoms with Crippen molar-refractivity contribution in [3.63, 3.8) is 0 Å². The van der Waals surface area contributed by atoms with E-state index in [1.54, 1.807) is 28.4 Å². The predicted octanol–water partition coefficient (Wildman–Crippen LogP) is 5.44. The zero-order chi connectivity index (χ0) is 20.6. The van der Waals surface area contributed by atoms with Gasteiger partial charge in [0.1, 0.15) is 12.4 Å². The molecular formula is C24H30FN2O2S+. The molecule has 4 fully saturated rings. The van der Waals surface area contributed by atoms with Crippen molar-refractivity contribution in [2.24, 2.45) is 11.8 Å². The minimum absolute atomic E-state index is 0.0283. The van der Waals surface area contributed by atoms with Crippen LogP contribution in [0.4, 0.5) is 14.9 Å². The summed E-state index contributed by atoms with van der Waals surface area (Å²) < 4.78 is 21.2. The van der Waals surface area contributed by atoms with Crippen molar-refractivity contribution in [2.45, 2.75) is 44.8 Å². The van der Waals surface area contributed by atoms with E-state index in [0.717, 1.165) is 34.7 Å². The Balaban J connectivity index is 1.32. The fourth-order valence-corrected chi connectivity index (χ4v) is 6.18. The lowest BCUT2D eigenvalue weighted by atomic mass is 9.79. The lowest BCUT2D eigenvalue weighted by Crippen LogP contribution is -2.66. The van der Waals surface area contributed by atoms with Crippen LogP contribution >= 0.6 is 11.3 Å². The number of halogens is 1. The first-order valence-electron chi connectivity index (χ1n) is 11.2. The summed E-state index contributed by atoms with van der Waals surface area (Å²) in [7, 11) is 0. The molecule has 0 N–H and O–H groups in total. The zero-order valence-electron chi connectivity index (χ0n) is 17.3. The summed E-state index contributed by atoms with van der Waals surface area (Å²) in [5, 5.41) is 1.99. The molecule has 2 bridgehead atoms. The van der Waals surface area contributed by atoms with Gasteiger partial charge in [0, 0.05) is 29.6 Å². The van der Waals surface area contributed by atoms with E-state index in [4.69, 9.17) is 4.74 Å². The number of piperidine rings is 3. The molecule has 1 amide bonds. The average Bonchev–Trinajstić information content (AvgIpc) is 3.23. The van der Waals surface area contributed by atoms with Crippen LogP contribution < -0.4 is 4.90 Å². The monoisotopic (exact) mass is 429 g/mol. The SMILES string of the molecule is O=C(O[C@H]1C[N+]2(CC3CCC3)CCC1CC2)N(Cc1cccs1)c1cccc(F)c1. The summed E-state index contributed by atoms with van der Waals surface area (Å²) in [6, 6.07) is 10.2. The summed E-state index contributed by atoms with van der Waals surface area (Å²) >= 11 is 1.59. The Bertz CT molecular complexity index is 875. The van der Waals surface area contributed by atoms with Gasteiger partial charge < -0.3 is 9.22 Å². The molecule has 1 aromatic heterocycles. The lowest BCUT2D eigenvalue weighted by molar-refractivity contribution is -0.949. The van der Waals surface area contributed by atoms with Gasteiger partial charge in [-0.15, -0.1) is 11.3 Å². The first-order chi connectivity index (χ1) is 14.6. The number of amides is 1. The fourth-order valence-electron chi connectivity index (χ4n) is 5.49. The lowest BCUT2D eigenvalue weighted by Gasteiger charge is -2.54. The third-order valence-corrected chi connectivity index (χ3v) is 8.26. The Morgan fingerprint density at radius 1 is 1.17 bits per heavy atom. The minimum atomic E-state index is -0.352. The predicted molar refractivity (Wildman–Crippen MR) is 117 cm³/mol. The molecule has 1 aromatic carbocycles. The number of nitrogens with zero attached hydrogens (tertiary/aromatic N) is 2. The van der Waals surface area contributed by atoms with E-state index < -0.39 is 0 Å². The number of carbonyl (C=O) groups is 1. The summed E-state index contributed by atoms with van der Waals surface area (Å²) in [4.78, 5) is 15.9. The van der Waals surface area contributed by atoms with E-state index in [1.807, 2.05) is 17.5 Å². The normalized spacial score (nSPS) is 28.2. The standard InChI is InChI=1S/C24H30FN2O2S/c25-20-6-2-7-21(14-20)26(15-22-8-3-13-30-22)24(28)29-23-17-27(16-18-4-1-5-18)11-9-19(23)10-12-27/h2-3,6-8,13-14,18-19,23H,1,4-5,9-12,15-17H2/q+1/t19?,23-,27?/m0/s1. The smallest absolute Gasteiger partial charge is 0.415 e. The van der Waals surface area contributed by atoms with Gasteiger partial charge in [0.15, 0.2) is 6.10 Å². The van der Waals surface area contributed by atoms with E-state index >= 15 is 0 Å². The number of ether oxygens (including phenoxy) is 1. The van der Waals surface area contributed by atoms with Crippen LogP contribution in [0.5, 0.6) is 0 Å². The molecule has 4 aliphatic rings. The fraction of sp³-hybridized carbons (Fsp3) is 0.542. The van der Waals surface area contributed by atoms with Gasteiger partial charge in [-0.25, -0.2) is 9.18 Å². The number of thiophene rings is 1. The zero-order valence-corrected chi connectivity index (χ0v) is 18.2. The van der Waals surface area contributed by atoms with E-state index in [9.17, 15) is 9.18 Å². The molecule has 30 heavy (non-hydrogen) atoms. The molecule has 160 valence electrons. The summed E-state index contributed by atoms with van der Waals surface area (Å²) in [5.41, 5.74) is 0.549. The third-order valence-electron chi connectivity index (χ3n) is 7.40. The van der Waals surface area contributed by atoms with Gasteiger partial charge in [-0.3, -0.25) is 4.90 Å². The van der Waals surface area contributed by atoms with Crippen molar-refractivity contribution in [3.05, 3.63) is 52.5 Å². The van der Waals surface area contributed by atoms with Crippen molar-refractivity contribution in [2.75, 3.05) is 31.1 Å². The molecular weight excluding hydrogens is 399 g/mol. The maximum atomic E-state index is 13.9. The second-order valence-electron chi connectivity index (χ2n) is 9.36. The van der Waals surface area contributed by atoms with Gasteiger partial charge in [0.05, 0.1) is 31.9 Å². The Labute approximate surface area is 181 Å². The van der Waals surface area contributed by atoms with Gasteiger partial charge in [-0.2, -0.15) is 0 Å². The summed E-state index contributed by atoms with van der Waals surface area (Å²) in [6.45, 7) is 5.07. The molecule has 0 unspecified atom stereocenters. The van der Waals surface area contributed by atoms with E-state index in [2.05, 4.69) is 0 Å². The van der Waals surface area contributed by atoms with Crippen LogP contribution in [0.2, 0.25) is 0 Å². The van der Waals surface area contributed by atoms with Crippen LogP contribution in [-0.2, 0) is 11.3 Å². The number of carbonyl (C=O) groups excluding carboxylic acids is 1. The maximum absolute atomic E-state index is 13.9. The minimum Gasteiger partial charge on any atom is -0.440 e. The number of quaternary nitrogens is 1. The largest absolute Gasteiger partial charge is 0.440 e. The van der Waals surface area contributed by atoms with Crippen molar-refractivity contribution < 1.29 is 18.4 Å². The molecule has 4 nitrogen and oxygen atoms in total. The number of hydrogen-bond donors (Lipinski definition) is 0. The highest BCUT2D eigenvalue weighted by Crippen LogP contribution is 2.39. The molecule has 2 aromatic rings. The molecule has 3 aliphatic heterocycles. The number of fused-ring (bicyclic) bond motifs is 3. The second-order valence-corrected chi connectivity index (χ2v) is 10.4. The average molecular weight is 430 g/mol. The molecule has 3 saturated heterocycles. The second kappa shape index (κ2) is 8.31. The molecule has 6 heteroatoms. The first-order valence-corrected chi connectivity index (χ1v) is 12.1. The van der Waals surface area contributed by atoms with E-state index in [-0.39, 0.29) is 18.0 Å². The topological polar surface area (TPSA) is 29.5 Å².